The van der Waals surface area contributed by atoms with Crippen LogP contribution in [0.3, 0.4) is 0 Å². The molecule has 7 nitrogen and oxygen atoms in total. The number of aromatic nitrogens is 5. The Labute approximate surface area is 168 Å². The summed E-state index contributed by atoms with van der Waals surface area (Å²) < 4.78 is 7.58. The Kier molecular flexibility index (Phi) is 4.01. The van der Waals surface area contributed by atoms with Gasteiger partial charge >= 0.3 is 0 Å². The molecule has 29 heavy (non-hydrogen) atoms. The van der Waals surface area contributed by atoms with Crippen LogP contribution in [-0.4, -0.2) is 50.6 Å². The number of benzene rings is 1. The number of nitrogens with zero attached hydrogens (tertiary/aromatic N) is 5. The van der Waals surface area contributed by atoms with Crippen molar-refractivity contribution in [3.8, 4) is 11.3 Å². The molecule has 3 aromatic heterocycles. The third-order valence-corrected chi connectivity index (χ3v) is 6.16. The molecule has 0 bridgehead atoms. The number of hydrogen-bond donors (Lipinski definition) is 1. The molecule has 0 amide bonds. The molecule has 0 spiro atoms. The summed E-state index contributed by atoms with van der Waals surface area (Å²) in [7, 11) is 0. The molecule has 1 N–H and O–H groups in total. The molecule has 1 aromatic carbocycles. The second-order valence-corrected chi connectivity index (χ2v) is 8.22. The van der Waals surface area contributed by atoms with Crippen LogP contribution in [0.15, 0.2) is 42.7 Å². The topological polar surface area (TPSA) is 71.3 Å². The van der Waals surface area contributed by atoms with Crippen LogP contribution in [0.5, 0.6) is 0 Å². The maximum absolute atomic E-state index is 5.60. The number of H-pyrrole nitrogens is 1. The highest BCUT2D eigenvalue weighted by Gasteiger charge is 2.30. The van der Waals surface area contributed by atoms with Gasteiger partial charge in [0.15, 0.2) is 5.65 Å². The van der Waals surface area contributed by atoms with Crippen molar-refractivity contribution in [3.05, 3.63) is 42.7 Å². The molecule has 4 aromatic rings. The van der Waals surface area contributed by atoms with E-state index >= 15 is 0 Å². The molecule has 0 radical (unpaired) electrons. The van der Waals surface area contributed by atoms with Crippen molar-refractivity contribution in [1.29, 1.82) is 0 Å². The number of rotatable bonds is 5. The first-order valence-electron chi connectivity index (χ1n) is 10.5. The Balaban J connectivity index is 1.41. The van der Waals surface area contributed by atoms with Crippen molar-refractivity contribution < 1.29 is 4.74 Å². The molecule has 1 saturated heterocycles. The molecule has 2 fully saturated rings. The zero-order valence-corrected chi connectivity index (χ0v) is 16.3. The normalized spacial score (nSPS) is 17.9. The number of anilines is 1. The maximum Gasteiger partial charge on any atom is 0.154 e. The first kappa shape index (κ1) is 17.0. The number of aromatic amines is 1. The molecular formula is C22H24N6O. The lowest BCUT2D eigenvalue weighted by Gasteiger charge is -2.35. The van der Waals surface area contributed by atoms with Crippen molar-refractivity contribution in [2.24, 2.45) is 5.92 Å². The van der Waals surface area contributed by atoms with Gasteiger partial charge in [-0.2, -0.15) is 5.10 Å². The van der Waals surface area contributed by atoms with E-state index in [2.05, 4.69) is 50.4 Å². The summed E-state index contributed by atoms with van der Waals surface area (Å²) >= 11 is 0. The van der Waals surface area contributed by atoms with Crippen molar-refractivity contribution in [2.75, 3.05) is 24.7 Å². The Hall–Kier alpha value is -2.93. The van der Waals surface area contributed by atoms with Gasteiger partial charge in [0.1, 0.15) is 5.82 Å². The molecule has 6 rings (SSSR count). The van der Waals surface area contributed by atoms with E-state index in [-0.39, 0.29) is 0 Å². The Morgan fingerprint density at radius 2 is 1.97 bits per heavy atom. The van der Waals surface area contributed by atoms with Crippen molar-refractivity contribution in [3.63, 3.8) is 0 Å². The van der Waals surface area contributed by atoms with Crippen LogP contribution in [0, 0.1) is 5.92 Å². The van der Waals surface area contributed by atoms with E-state index in [0.29, 0.717) is 6.04 Å². The highest BCUT2D eigenvalue weighted by atomic mass is 16.5. The van der Waals surface area contributed by atoms with Crippen molar-refractivity contribution in [1.82, 2.24) is 24.8 Å². The van der Waals surface area contributed by atoms with Crippen LogP contribution in [0.25, 0.3) is 27.8 Å². The number of nitrogens with one attached hydrogen (secondary N) is 1. The predicted octanol–water partition coefficient (Wildman–Crippen LogP) is 3.67. The van der Waals surface area contributed by atoms with E-state index in [1.807, 2.05) is 16.9 Å². The summed E-state index contributed by atoms with van der Waals surface area (Å²) in [5.41, 5.74) is 3.97. The fourth-order valence-electron chi connectivity index (χ4n) is 4.32. The SMILES string of the molecule is c1cc2cn[nH]c2cc1-c1cnc2ccc(N(CC3CC3)C3CCOCC3)nn12. The van der Waals surface area contributed by atoms with Gasteiger partial charge in [-0.25, -0.2) is 9.50 Å². The lowest BCUT2D eigenvalue weighted by atomic mass is 10.1. The minimum absolute atomic E-state index is 0.502. The van der Waals surface area contributed by atoms with E-state index < -0.39 is 0 Å². The fraction of sp³-hybridized carbons (Fsp3) is 0.409. The zero-order chi connectivity index (χ0) is 19.2. The fourth-order valence-corrected chi connectivity index (χ4v) is 4.32. The Bertz CT molecular complexity index is 1150. The number of imidazole rings is 1. The van der Waals surface area contributed by atoms with Crippen molar-refractivity contribution in [2.45, 2.75) is 31.7 Å². The minimum atomic E-state index is 0.502. The molecule has 1 aliphatic heterocycles. The zero-order valence-electron chi connectivity index (χ0n) is 16.3. The van der Waals surface area contributed by atoms with E-state index in [1.54, 1.807) is 0 Å². The third kappa shape index (κ3) is 3.15. The highest BCUT2D eigenvalue weighted by molar-refractivity contribution is 5.83. The van der Waals surface area contributed by atoms with Gasteiger partial charge < -0.3 is 9.64 Å². The van der Waals surface area contributed by atoms with Gasteiger partial charge in [0.2, 0.25) is 0 Å². The van der Waals surface area contributed by atoms with Gasteiger partial charge in [-0.3, -0.25) is 5.10 Å². The van der Waals surface area contributed by atoms with Gasteiger partial charge in [-0.15, -0.1) is 5.10 Å². The van der Waals surface area contributed by atoms with Crippen molar-refractivity contribution >= 4 is 22.4 Å². The Morgan fingerprint density at radius 1 is 1.07 bits per heavy atom. The van der Waals surface area contributed by atoms with Crippen LogP contribution in [0.1, 0.15) is 25.7 Å². The first-order valence-corrected chi connectivity index (χ1v) is 10.5. The van der Waals surface area contributed by atoms with E-state index in [0.717, 1.165) is 72.1 Å². The van der Waals surface area contributed by atoms with Gasteiger partial charge in [0.25, 0.3) is 0 Å². The smallest absolute Gasteiger partial charge is 0.154 e. The number of hydrogen-bond acceptors (Lipinski definition) is 5. The quantitative estimate of drug-likeness (QED) is 0.565. The summed E-state index contributed by atoms with van der Waals surface area (Å²) in [6, 6.07) is 11.0. The predicted molar refractivity (Wildman–Crippen MR) is 112 cm³/mol. The summed E-state index contributed by atoms with van der Waals surface area (Å²) in [6.45, 7) is 2.77. The second-order valence-electron chi connectivity index (χ2n) is 8.22. The molecule has 0 atom stereocenters. The number of ether oxygens (including phenoxy) is 1. The van der Waals surface area contributed by atoms with Crippen LogP contribution in [0.4, 0.5) is 5.82 Å². The van der Waals surface area contributed by atoms with Gasteiger partial charge in [0, 0.05) is 36.8 Å². The van der Waals surface area contributed by atoms with Crippen LogP contribution < -0.4 is 4.90 Å². The molecule has 1 saturated carbocycles. The summed E-state index contributed by atoms with van der Waals surface area (Å²) in [5, 5.41) is 13.3. The molecule has 2 aliphatic rings. The number of fused-ring (bicyclic) bond motifs is 2. The monoisotopic (exact) mass is 388 g/mol. The lowest BCUT2D eigenvalue weighted by Crippen LogP contribution is -2.41. The standard InChI is InChI=1S/C22H24N6O/c1-2-15(1)14-27(18-7-9-29-10-8-18)22-6-5-21-23-13-20(28(21)26-22)16-3-4-17-12-24-25-19(17)11-16/h3-6,11-13,15,18H,1-2,7-10,14H2,(H,24,25). The molecular weight excluding hydrogens is 364 g/mol. The van der Waals surface area contributed by atoms with Gasteiger partial charge in [0.05, 0.1) is 23.6 Å². The van der Waals surface area contributed by atoms with E-state index in [1.165, 1.54) is 12.8 Å². The molecule has 1 aliphatic carbocycles. The summed E-state index contributed by atoms with van der Waals surface area (Å²) in [5.74, 6) is 1.85. The largest absolute Gasteiger partial charge is 0.381 e. The molecule has 4 heterocycles. The maximum atomic E-state index is 5.60. The van der Waals surface area contributed by atoms with E-state index in [9.17, 15) is 0 Å². The Morgan fingerprint density at radius 3 is 2.83 bits per heavy atom. The molecule has 148 valence electrons. The van der Waals surface area contributed by atoms with Gasteiger partial charge in [-0.1, -0.05) is 12.1 Å². The van der Waals surface area contributed by atoms with E-state index in [4.69, 9.17) is 9.84 Å². The first-order chi connectivity index (χ1) is 14.3. The lowest BCUT2D eigenvalue weighted by molar-refractivity contribution is 0.0840. The summed E-state index contributed by atoms with van der Waals surface area (Å²) in [4.78, 5) is 7.10. The van der Waals surface area contributed by atoms with Crippen LogP contribution in [-0.2, 0) is 4.74 Å². The van der Waals surface area contributed by atoms with Crippen LogP contribution in [0.2, 0.25) is 0 Å². The van der Waals surface area contributed by atoms with Crippen LogP contribution >= 0.6 is 0 Å². The summed E-state index contributed by atoms with van der Waals surface area (Å²) in [6.07, 6.45) is 8.56. The third-order valence-electron chi connectivity index (χ3n) is 6.16. The highest BCUT2D eigenvalue weighted by Crippen LogP contribution is 2.33. The van der Waals surface area contributed by atoms with Gasteiger partial charge in [-0.05, 0) is 49.8 Å². The average Bonchev–Trinajstić information content (AvgIpc) is 3.30. The minimum Gasteiger partial charge on any atom is -0.381 e. The average molecular weight is 388 g/mol. The second kappa shape index (κ2) is 6.84. The molecule has 7 heteroatoms. The molecule has 0 unspecified atom stereocenters.